The number of likely N-dealkylation sites (N-methyl/N-ethyl adjacent to an activating group) is 1. The molecule has 4 atom stereocenters. The number of thiazole rings is 1. The van der Waals surface area contributed by atoms with Gasteiger partial charge in [0.2, 0.25) is 29.6 Å². The molecule has 0 spiro atoms. The van der Waals surface area contributed by atoms with Crippen LogP contribution in [0.1, 0.15) is 67.8 Å². The largest absolute Gasteiger partial charge is 0.508 e. The fourth-order valence-corrected chi connectivity index (χ4v) is 11.2. The van der Waals surface area contributed by atoms with Crippen molar-refractivity contribution in [3.05, 3.63) is 112 Å². The Balaban J connectivity index is 0.755. The molecule has 2 unspecified atom stereocenters. The molecule has 9 rings (SSSR count). The number of anilines is 2. The maximum Gasteiger partial charge on any atom is 0.243 e. The molecule has 2 fully saturated rings. The van der Waals surface area contributed by atoms with Crippen LogP contribution in [0.4, 0.5) is 16.2 Å². The molecule has 0 radical (unpaired) electrons. The molecule has 0 bridgehead atoms. The summed E-state index contributed by atoms with van der Waals surface area (Å²) in [6.45, 7) is 10.1. The van der Waals surface area contributed by atoms with Crippen molar-refractivity contribution in [3.8, 4) is 27.3 Å². The number of aromatic nitrogens is 4. The lowest BCUT2D eigenvalue weighted by molar-refractivity contribution is -0.140. The van der Waals surface area contributed by atoms with Gasteiger partial charge >= 0.3 is 0 Å². The van der Waals surface area contributed by atoms with Crippen molar-refractivity contribution in [2.45, 2.75) is 71.1 Å². The zero-order valence-corrected chi connectivity index (χ0v) is 46.3. The summed E-state index contributed by atoms with van der Waals surface area (Å²) >= 11 is 8.45. The Hall–Kier alpha value is -7.30. The highest BCUT2D eigenvalue weighted by molar-refractivity contribution is 7.13. The van der Waals surface area contributed by atoms with E-state index in [-0.39, 0.29) is 123 Å². The van der Waals surface area contributed by atoms with Crippen LogP contribution in [0, 0.1) is 19.7 Å². The number of phenols is 1. The van der Waals surface area contributed by atoms with Gasteiger partial charge in [-0.15, -0.1) is 11.3 Å². The van der Waals surface area contributed by atoms with Crippen molar-refractivity contribution < 1.29 is 47.8 Å². The van der Waals surface area contributed by atoms with E-state index in [9.17, 15) is 29.4 Å². The number of halogens is 2. The molecular formula is C57H64ClFN10O9S. The molecule has 19 nitrogen and oxygen atoms in total. The summed E-state index contributed by atoms with van der Waals surface area (Å²) < 4.78 is 34.3. The zero-order valence-electron chi connectivity index (χ0n) is 44.7. The summed E-state index contributed by atoms with van der Waals surface area (Å²) in [5.74, 6) is -1.69. The van der Waals surface area contributed by atoms with Gasteiger partial charge in [0, 0.05) is 96.2 Å². The highest BCUT2D eigenvalue weighted by Crippen LogP contribution is 2.42. The summed E-state index contributed by atoms with van der Waals surface area (Å²) in [5.41, 5.74) is 5.76. The van der Waals surface area contributed by atoms with Crippen LogP contribution in [0.5, 0.6) is 5.75 Å². The van der Waals surface area contributed by atoms with Crippen LogP contribution in [-0.4, -0.2) is 160 Å². The third-order valence-electron chi connectivity index (χ3n) is 14.5. The molecule has 5 heterocycles. The lowest BCUT2D eigenvalue weighted by atomic mass is 9.96. The van der Waals surface area contributed by atoms with Gasteiger partial charge in [-0.2, -0.15) is 4.98 Å². The Morgan fingerprint density at radius 1 is 0.962 bits per heavy atom. The highest BCUT2D eigenvalue weighted by Gasteiger charge is 2.43. The lowest BCUT2D eigenvalue weighted by Gasteiger charge is -2.35. The van der Waals surface area contributed by atoms with E-state index in [2.05, 4.69) is 25.8 Å². The van der Waals surface area contributed by atoms with E-state index in [4.69, 9.17) is 30.6 Å². The maximum absolute atomic E-state index is 17.0. The molecule has 22 heteroatoms. The Kier molecular flexibility index (Phi) is 18.0. The lowest BCUT2D eigenvalue weighted by Crippen LogP contribution is -2.48. The number of nitrogens with one attached hydrogen (secondary N) is 2. The average molecular weight is 1120 g/mol. The molecule has 4 amide bonds. The predicted octanol–water partition coefficient (Wildman–Crippen LogP) is 7.65. The Morgan fingerprint density at radius 2 is 1.71 bits per heavy atom. The summed E-state index contributed by atoms with van der Waals surface area (Å²) in [7, 11) is 1.67. The number of amides is 4. The van der Waals surface area contributed by atoms with Crippen molar-refractivity contribution >= 4 is 80.0 Å². The molecule has 416 valence electrons. The Morgan fingerprint density at radius 3 is 2.42 bits per heavy atom. The van der Waals surface area contributed by atoms with Crippen LogP contribution >= 0.6 is 22.9 Å². The normalized spacial score (nSPS) is 16.4. The topological polar surface area (TPSA) is 229 Å². The fourth-order valence-electron chi connectivity index (χ4n) is 10.1. The van der Waals surface area contributed by atoms with E-state index in [1.165, 1.54) is 17.9 Å². The van der Waals surface area contributed by atoms with Crippen LogP contribution in [0.2, 0.25) is 5.02 Å². The van der Waals surface area contributed by atoms with Crippen molar-refractivity contribution in [3.63, 3.8) is 0 Å². The predicted molar refractivity (Wildman–Crippen MR) is 300 cm³/mol. The third kappa shape index (κ3) is 13.1. The molecular weight excluding hydrogens is 1060 g/mol. The van der Waals surface area contributed by atoms with E-state index in [0.717, 1.165) is 21.7 Å². The molecule has 79 heavy (non-hydrogen) atoms. The number of likely N-dealkylation sites (tertiary alicyclic amines) is 1. The minimum Gasteiger partial charge on any atom is -0.508 e. The second kappa shape index (κ2) is 25.2. The van der Waals surface area contributed by atoms with Gasteiger partial charge in [0.05, 0.1) is 58.8 Å². The number of carbonyl (C=O) groups excluding carboxylic acids is 4. The van der Waals surface area contributed by atoms with E-state index in [1.54, 1.807) is 53.3 Å². The van der Waals surface area contributed by atoms with Gasteiger partial charge in [-0.3, -0.25) is 19.2 Å². The molecule has 2 aliphatic heterocycles. The van der Waals surface area contributed by atoms with E-state index < -0.39 is 23.9 Å². The zero-order chi connectivity index (χ0) is 55.9. The molecule has 2 saturated heterocycles. The molecule has 7 aromatic rings. The van der Waals surface area contributed by atoms with Gasteiger partial charge in [0.15, 0.2) is 5.82 Å². The molecule has 0 saturated carbocycles. The second-order valence-corrected chi connectivity index (χ2v) is 21.2. The van der Waals surface area contributed by atoms with Gasteiger partial charge in [-0.25, -0.2) is 14.4 Å². The first-order valence-corrected chi connectivity index (χ1v) is 27.6. The first-order valence-electron chi connectivity index (χ1n) is 26.3. The van der Waals surface area contributed by atoms with Crippen LogP contribution in [0.15, 0.2) is 82.8 Å². The highest BCUT2D eigenvalue weighted by atomic mass is 35.5. The van der Waals surface area contributed by atoms with Crippen LogP contribution in [0.25, 0.3) is 43.2 Å². The molecule has 4 aromatic carbocycles. The van der Waals surface area contributed by atoms with Crippen molar-refractivity contribution in [2.75, 3.05) is 89.5 Å². The van der Waals surface area contributed by atoms with E-state index >= 15 is 4.39 Å². The molecule has 0 aliphatic carbocycles. The van der Waals surface area contributed by atoms with Crippen LogP contribution in [0.3, 0.4) is 0 Å². The number of phenolic OH excluding ortho intramolecular Hbond substituents is 1. The number of hydrogen-bond donors (Lipinski definition) is 4. The van der Waals surface area contributed by atoms with Crippen molar-refractivity contribution in [1.29, 1.82) is 0 Å². The number of nitrogens with zero attached hydrogens (tertiary/aromatic N) is 8. The number of aromatic hydroxyl groups is 1. The van der Waals surface area contributed by atoms with Gasteiger partial charge < -0.3 is 54.4 Å². The minimum absolute atomic E-state index is 0.000778. The number of aryl methyl sites for hydroxylation is 2. The second-order valence-electron chi connectivity index (χ2n) is 20.0. The number of aliphatic hydroxyl groups is 1. The number of hydrogen-bond acceptors (Lipinski definition) is 16. The van der Waals surface area contributed by atoms with Gasteiger partial charge in [-0.1, -0.05) is 65.3 Å². The number of ether oxygens (including phenoxy) is 2. The third-order valence-corrected chi connectivity index (χ3v) is 15.8. The number of fused-ring (bicyclic) bond motifs is 2. The average Bonchev–Trinajstić information content (AvgIpc) is 4.38. The van der Waals surface area contributed by atoms with Crippen molar-refractivity contribution in [1.82, 2.24) is 40.1 Å². The molecule has 4 N–H and O–H groups in total. The fraction of sp³-hybridized carbons (Fsp3) is 0.404. The standard InChI is InChI=1S/C57H64ClFN10O9S/c1-33-26-48(78-65-33)43(56(75)69-31-41(72)29-47(69)55(74)62-34(2)37-10-12-38(13-11-37)53-35(3)61-32-79-53)15-22-76-24-25-77-23-21-66(5)49(73)14-16-60-57-63-52-45(54(64-57)68-19-17-67(18-20-68)36(4)70)30-46(58)50(51(52)59)44-28-40(71)27-39-8-6-7-9-42(39)44/h6-13,26-28,30,32,34,41,43,47,71-72H,14-25,29,31H2,1-5H3,(H,62,74)(H,60,63,64)/t34?,41-,43?,47+/m1/s1. The van der Waals surface area contributed by atoms with Crippen LogP contribution in [-0.2, 0) is 28.7 Å². The number of rotatable bonds is 21. The number of β-amino-alcohol motifs (C(OH)–C–C–N with tert-alkyl or cyclic N) is 1. The number of piperazine rings is 1. The van der Waals surface area contributed by atoms with E-state index in [1.807, 2.05) is 72.8 Å². The van der Waals surface area contributed by atoms with Gasteiger partial charge in [0.1, 0.15) is 34.8 Å². The summed E-state index contributed by atoms with van der Waals surface area (Å²) in [6, 6.07) is 20.4. The molecule has 2 aliphatic rings. The van der Waals surface area contributed by atoms with Crippen molar-refractivity contribution in [2.24, 2.45) is 0 Å². The number of carbonyl (C=O) groups is 4. The van der Waals surface area contributed by atoms with Crippen LogP contribution < -0.4 is 15.5 Å². The summed E-state index contributed by atoms with van der Waals surface area (Å²) in [4.78, 5) is 75.0. The Labute approximate surface area is 465 Å². The number of benzene rings is 4. The Bertz CT molecular complexity index is 3340. The quantitative estimate of drug-likeness (QED) is 0.0507. The smallest absolute Gasteiger partial charge is 0.243 e. The van der Waals surface area contributed by atoms with Gasteiger partial charge in [-0.05, 0) is 72.9 Å². The number of aliphatic hydroxyl groups excluding tert-OH is 1. The summed E-state index contributed by atoms with van der Waals surface area (Å²) in [5, 5.41) is 33.4. The summed E-state index contributed by atoms with van der Waals surface area (Å²) in [6.07, 6.45) is -0.518. The first kappa shape index (κ1) is 56.4. The van der Waals surface area contributed by atoms with Gasteiger partial charge in [0.25, 0.3) is 0 Å². The monoisotopic (exact) mass is 1120 g/mol. The molecule has 3 aromatic heterocycles. The SMILES string of the molecule is CC(=O)N1CCN(c2nc(NCCC(=O)N(C)CCOCCOCCC(C(=O)N3C[C@H](O)C[C@H]3C(=O)NC(C)c3ccc(-c4scnc4C)cc3)c3cc(C)no3)nc3c(F)c(-c4cc(O)cc5ccccc45)c(Cl)cc23)CC1. The minimum atomic E-state index is -0.897. The van der Waals surface area contributed by atoms with E-state index in [0.29, 0.717) is 65.2 Å². The maximum atomic E-state index is 17.0. The first-order chi connectivity index (χ1) is 38.0.